The maximum absolute atomic E-state index is 2.70. The number of hydrogen-bond acceptors (Lipinski definition) is 0. The highest BCUT2D eigenvalue weighted by molar-refractivity contribution is 6.12. The van der Waals surface area contributed by atoms with Crippen LogP contribution in [0, 0.1) is 17.8 Å². The fourth-order valence-corrected chi connectivity index (χ4v) is 9.70. The average Bonchev–Trinajstić information content (AvgIpc) is 3.48. The number of allylic oxidation sites excluding steroid dienone is 6. The maximum Gasteiger partial charge on any atom is 0.0443 e. The summed E-state index contributed by atoms with van der Waals surface area (Å²) in [7, 11) is 0. The van der Waals surface area contributed by atoms with E-state index in [2.05, 4.69) is 155 Å². The zero-order valence-corrected chi connectivity index (χ0v) is 29.2. The fraction of sp³-hybridized carbons (Fsp3) is 0.378. The predicted molar refractivity (Wildman–Crippen MR) is 194 cm³/mol. The van der Waals surface area contributed by atoms with E-state index in [0.717, 1.165) is 6.42 Å². The molecule has 0 heteroatoms. The summed E-state index contributed by atoms with van der Waals surface area (Å²) in [6.07, 6.45) is 6.26. The van der Waals surface area contributed by atoms with Crippen molar-refractivity contribution in [3.05, 3.63) is 129 Å². The van der Waals surface area contributed by atoms with Gasteiger partial charge in [0.25, 0.3) is 0 Å². The highest BCUT2D eigenvalue weighted by Crippen LogP contribution is 2.68. The zero-order valence-electron chi connectivity index (χ0n) is 29.2. The van der Waals surface area contributed by atoms with Crippen molar-refractivity contribution in [1.82, 2.24) is 0 Å². The van der Waals surface area contributed by atoms with E-state index in [4.69, 9.17) is 0 Å². The van der Waals surface area contributed by atoms with Crippen molar-refractivity contribution >= 4 is 21.9 Å². The third-order valence-electron chi connectivity index (χ3n) is 11.9. The summed E-state index contributed by atoms with van der Waals surface area (Å²) in [6.45, 7) is 26.6. The van der Waals surface area contributed by atoms with E-state index in [0.29, 0.717) is 0 Å². The van der Waals surface area contributed by atoms with Crippen LogP contribution in [0.5, 0.6) is 0 Å². The van der Waals surface area contributed by atoms with Crippen LogP contribution < -0.4 is 0 Å². The second-order valence-corrected chi connectivity index (χ2v) is 17.5. The monoisotopic (exact) mass is 588 g/mol. The van der Waals surface area contributed by atoms with Crippen LogP contribution in [-0.4, -0.2) is 0 Å². The van der Waals surface area contributed by atoms with E-state index >= 15 is 0 Å². The zero-order chi connectivity index (χ0) is 32.1. The second-order valence-electron chi connectivity index (χ2n) is 17.5. The average molecular weight is 589 g/mol. The molecule has 0 aromatic heterocycles. The molecule has 0 amide bonds. The Morgan fingerprint density at radius 3 is 1.93 bits per heavy atom. The lowest BCUT2D eigenvalue weighted by atomic mass is 9.62. The van der Waals surface area contributed by atoms with Gasteiger partial charge in [0.2, 0.25) is 0 Å². The summed E-state index contributed by atoms with van der Waals surface area (Å²) < 4.78 is 0. The Morgan fingerprint density at radius 2 is 1.24 bits per heavy atom. The van der Waals surface area contributed by atoms with Crippen LogP contribution in [0.2, 0.25) is 0 Å². The smallest absolute Gasteiger partial charge is 0.0443 e. The summed E-state index contributed by atoms with van der Waals surface area (Å²) in [5, 5.41) is 2.80. The van der Waals surface area contributed by atoms with Crippen molar-refractivity contribution in [2.24, 2.45) is 10.8 Å². The first-order valence-electron chi connectivity index (χ1n) is 17.0. The minimum atomic E-state index is -0.219. The van der Waals surface area contributed by atoms with Crippen molar-refractivity contribution in [2.45, 2.75) is 98.8 Å². The fourth-order valence-electron chi connectivity index (χ4n) is 9.70. The lowest BCUT2D eigenvalue weighted by Gasteiger charge is -2.41. The third kappa shape index (κ3) is 3.55. The molecule has 0 radical (unpaired) electrons. The molecule has 4 aliphatic carbocycles. The number of hydrogen-bond donors (Lipinski definition) is 0. The Balaban J connectivity index is 1.52. The van der Waals surface area contributed by atoms with Crippen LogP contribution in [0.3, 0.4) is 0 Å². The molecule has 4 aromatic rings. The van der Waals surface area contributed by atoms with Crippen LogP contribution in [0.1, 0.15) is 115 Å². The molecule has 0 saturated carbocycles. The molecule has 0 nitrogen and oxygen atoms in total. The topological polar surface area (TPSA) is 0 Å². The van der Waals surface area contributed by atoms with Crippen LogP contribution >= 0.6 is 0 Å². The van der Waals surface area contributed by atoms with Crippen LogP contribution in [0.25, 0.3) is 33.0 Å². The van der Waals surface area contributed by atoms with Crippen LogP contribution in [0.15, 0.2) is 90.0 Å². The standard InChI is InChI=1S/C45H48/c1-26-22-33-36-35(21-20-32-38(36)44(10,11)39-31-18-14-15-19-34(31)43(8,9)40(32)39)45(37(33)30-17-13-12-16-29(26)30)24-27(41(2,3)4)23-28(25-45)42(5,6)7/h12-24H,25H2,1-11H3. The van der Waals surface area contributed by atoms with E-state index in [1.165, 1.54) is 77.6 Å². The minimum absolute atomic E-state index is 0.0343. The molecule has 0 fully saturated rings. The van der Waals surface area contributed by atoms with E-state index in [1.54, 1.807) is 5.57 Å². The summed E-state index contributed by atoms with van der Waals surface area (Å²) in [6, 6.07) is 26.0. The predicted octanol–water partition coefficient (Wildman–Crippen LogP) is 12.3. The van der Waals surface area contributed by atoms with Gasteiger partial charge < -0.3 is 0 Å². The Hall–Kier alpha value is -3.64. The Bertz CT molecular complexity index is 2090. The van der Waals surface area contributed by atoms with Crippen molar-refractivity contribution < 1.29 is 0 Å². The largest absolute Gasteiger partial charge is 0.0655 e. The molecule has 0 aliphatic heterocycles. The van der Waals surface area contributed by atoms with Crippen molar-refractivity contribution in [3.8, 4) is 11.1 Å². The summed E-state index contributed by atoms with van der Waals surface area (Å²) >= 11 is 0. The Kier molecular flexibility index (Phi) is 5.49. The maximum atomic E-state index is 2.70. The Morgan fingerprint density at radius 1 is 0.600 bits per heavy atom. The van der Waals surface area contributed by atoms with Gasteiger partial charge in [-0.1, -0.05) is 154 Å². The number of benzene rings is 4. The van der Waals surface area contributed by atoms with Gasteiger partial charge in [0, 0.05) is 16.2 Å². The van der Waals surface area contributed by atoms with Gasteiger partial charge in [0.1, 0.15) is 0 Å². The summed E-state index contributed by atoms with van der Waals surface area (Å²) in [4.78, 5) is 0. The lowest BCUT2D eigenvalue weighted by molar-refractivity contribution is 0.432. The van der Waals surface area contributed by atoms with Crippen molar-refractivity contribution in [3.63, 3.8) is 0 Å². The molecule has 4 aliphatic rings. The van der Waals surface area contributed by atoms with Gasteiger partial charge in [-0.3, -0.25) is 0 Å². The molecule has 4 aromatic carbocycles. The molecule has 0 N–H and O–H groups in total. The van der Waals surface area contributed by atoms with Gasteiger partial charge in [-0.2, -0.15) is 0 Å². The first kappa shape index (κ1) is 28.8. The van der Waals surface area contributed by atoms with Crippen LogP contribution in [-0.2, 0) is 16.2 Å². The molecular weight excluding hydrogens is 540 g/mol. The molecule has 1 unspecified atom stereocenters. The van der Waals surface area contributed by atoms with E-state index in [-0.39, 0.29) is 27.1 Å². The van der Waals surface area contributed by atoms with Gasteiger partial charge in [0.05, 0.1) is 0 Å². The summed E-state index contributed by atoms with van der Waals surface area (Å²) in [5.41, 5.74) is 19.1. The Labute approximate surface area is 271 Å². The molecule has 8 rings (SSSR count). The molecule has 0 heterocycles. The van der Waals surface area contributed by atoms with Gasteiger partial charge in [0.15, 0.2) is 0 Å². The minimum Gasteiger partial charge on any atom is -0.0655 e. The first-order chi connectivity index (χ1) is 21.0. The number of fused-ring (bicyclic) bond motifs is 12. The first-order valence-corrected chi connectivity index (χ1v) is 17.0. The highest BCUT2D eigenvalue weighted by Gasteiger charge is 2.54. The molecule has 228 valence electrons. The van der Waals surface area contributed by atoms with Crippen molar-refractivity contribution in [2.75, 3.05) is 0 Å². The van der Waals surface area contributed by atoms with E-state index in [1.807, 2.05) is 0 Å². The summed E-state index contributed by atoms with van der Waals surface area (Å²) in [5.74, 6) is 0. The third-order valence-corrected chi connectivity index (χ3v) is 11.9. The lowest BCUT2D eigenvalue weighted by Crippen LogP contribution is -2.32. The second kappa shape index (κ2) is 8.58. The van der Waals surface area contributed by atoms with Gasteiger partial charge in [-0.05, 0) is 102 Å². The van der Waals surface area contributed by atoms with Gasteiger partial charge in [-0.15, -0.1) is 0 Å². The van der Waals surface area contributed by atoms with Crippen molar-refractivity contribution in [1.29, 1.82) is 0 Å². The molecule has 45 heavy (non-hydrogen) atoms. The van der Waals surface area contributed by atoms with E-state index in [9.17, 15) is 0 Å². The van der Waals surface area contributed by atoms with Gasteiger partial charge >= 0.3 is 0 Å². The molecular formula is C45H48. The highest BCUT2D eigenvalue weighted by atomic mass is 14.6. The number of rotatable bonds is 0. The van der Waals surface area contributed by atoms with E-state index < -0.39 is 0 Å². The number of aryl methyl sites for hydroxylation is 1. The van der Waals surface area contributed by atoms with Crippen LogP contribution in [0.4, 0.5) is 0 Å². The normalized spacial score (nSPS) is 22.2. The van der Waals surface area contributed by atoms with Gasteiger partial charge in [-0.25, -0.2) is 0 Å². The molecule has 1 atom stereocenters. The molecule has 0 saturated heterocycles. The SMILES string of the molecule is Cc1cc2c(c3ccccc13)C1(C=C(C(C)(C)C)C=C(C(C)(C)C)C1)c1ccc3c(c1-2)C(C)(C)C1=C3C(C)(C)c2ccccc21. The quantitative estimate of drug-likeness (QED) is 0.192. The molecule has 1 spiro atoms. The molecule has 0 bridgehead atoms.